The molecule has 0 saturated heterocycles. The van der Waals surface area contributed by atoms with Crippen molar-refractivity contribution in [2.75, 3.05) is 0 Å². The number of benzene rings is 1. The van der Waals surface area contributed by atoms with E-state index in [1.807, 2.05) is 20.8 Å². The molecule has 0 saturated carbocycles. The summed E-state index contributed by atoms with van der Waals surface area (Å²) in [5, 5.41) is 11.0. The van der Waals surface area contributed by atoms with Crippen LogP contribution in [-0.2, 0) is 0 Å². The molecule has 5 heteroatoms. The highest BCUT2D eigenvalue weighted by Crippen LogP contribution is 2.31. The largest absolute Gasteiger partial charge is 0.418 e. The van der Waals surface area contributed by atoms with Gasteiger partial charge in [0, 0.05) is 11.3 Å². The lowest BCUT2D eigenvalue weighted by molar-refractivity contribution is -0.385. The molecule has 82 valence electrons. The van der Waals surface area contributed by atoms with E-state index in [1.54, 1.807) is 12.1 Å². The van der Waals surface area contributed by atoms with Crippen LogP contribution < -0.4 is 4.18 Å². The average Bonchev–Trinajstić information content (AvgIpc) is 2.15. The van der Waals surface area contributed by atoms with Gasteiger partial charge in [-0.1, -0.05) is 19.9 Å². The van der Waals surface area contributed by atoms with E-state index in [2.05, 4.69) is 0 Å². The maximum atomic E-state index is 10.7. The summed E-state index contributed by atoms with van der Waals surface area (Å²) in [6, 6.07) is 4.93. The summed E-state index contributed by atoms with van der Waals surface area (Å²) in [5.74, 6) is 0.310. The Morgan fingerprint density at radius 3 is 2.67 bits per heavy atom. The molecule has 0 heterocycles. The molecule has 0 aliphatic carbocycles. The first-order chi connectivity index (χ1) is 7.00. The zero-order valence-electron chi connectivity index (χ0n) is 8.89. The predicted molar refractivity (Wildman–Crippen MR) is 61.2 cm³/mol. The molecule has 0 unspecified atom stereocenters. The van der Waals surface area contributed by atoms with Crippen molar-refractivity contribution in [2.45, 2.75) is 26.0 Å². The summed E-state index contributed by atoms with van der Waals surface area (Å²) >= 11 is 1.22. The van der Waals surface area contributed by atoms with Crippen LogP contribution in [0.4, 0.5) is 5.69 Å². The minimum Gasteiger partial charge on any atom is -0.418 e. The van der Waals surface area contributed by atoms with Crippen molar-refractivity contribution in [3.63, 3.8) is 0 Å². The molecule has 1 aromatic carbocycles. The molecular formula is C10H13NO3S. The van der Waals surface area contributed by atoms with Crippen molar-refractivity contribution in [3.8, 4) is 5.75 Å². The second-order valence-electron chi connectivity index (χ2n) is 3.46. The molecule has 0 radical (unpaired) electrons. The summed E-state index contributed by atoms with van der Waals surface area (Å²) in [6.07, 6.45) is 0. The molecule has 0 aliphatic heterocycles. The molecule has 4 nitrogen and oxygen atoms in total. The second-order valence-corrected chi connectivity index (χ2v) is 4.76. The van der Waals surface area contributed by atoms with Crippen LogP contribution in [0.3, 0.4) is 0 Å². The molecule has 1 aromatic rings. The van der Waals surface area contributed by atoms with Crippen LogP contribution in [0.1, 0.15) is 19.4 Å². The fourth-order valence-corrected chi connectivity index (χ4v) is 1.43. The zero-order chi connectivity index (χ0) is 11.4. The van der Waals surface area contributed by atoms with E-state index in [9.17, 15) is 10.1 Å². The Hall–Kier alpha value is -1.23. The van der Waals surface area contributed by atoms with Crippen molar-refractivity contribution in [3.05, 3.63) is 33.9 Å². The molecule has 1 rings (SSSR count). The molecule has 0 atom stereocenters. The van der Waals surface area contributed by atoms with Gasteiger partial charge in [0.1, 0.15) is 0 Å². The Morgan fingerprint density at radius 1 is 1.47 bits per heavy atom. The highest BCUT2D eigenvalue weighted by Gasteiger charge is 2.15. The fourth-order valence-electron chi connectivity index (χ4n) is 0.989. The number of rotatable bonds is 4. The van der Waals surface area contributed by atoms with Crippen LogP contribution in [0.2, 0.25) is 0 Å². The molecule has 0 N–H and O–H groups in total. The van der Waals surface area contributed by atoms with Gasteiger partial charge < -0.3 is 4.18 Å². The Bertz CT molecular complexity index is 366. The molecule has 0 aliphatic rings. The van der Waals surface area contributed by atoms with Crippen molar-refractivity contribution in [1.29, 1.82) is 0 Å². The van der Waals surface area contributed by atoms with E-state index < -0.39 is 4.92 Å². The molecule has 15 heavy (non-hydrogen) atoms. The molecule has 0 amide bonds. The second kappa shape index (κ2) is 5.02. The van der Waals surface area contributed by atoms with Crippen LogP contribution in [-0.4, -0.2) is 10.2 Å². The summed E-state index contributed by atoms with van der Waals surface area (Å²) in [6.45, 7) is 5.74. The molecule has 0 spiro atoms. The smallest absolute Gasteiger partial charge is 0.312 e. The Labute approximate surface area is 93.0 Å². The van der Waals surface area contributed by atoms with Crippen molar-refractivity contribution < 1.29 is 9.11 Å². The molecular weight excluding hydrogens is 214 g/mol. The van der Waals surface area contributed by atoms with Crippen LogP contribution >= 0.6 is 12.0 Å². The van der Waals surface area contributed by atoms with E-state index >= 15 is 0 Å². The first kappa shape index (κ1) is 11.8. The SMILES string of the molecule is Cc1ccc(OSC(C)C)c([N+](=O)[O-])c1. The van der Waals surface area contributed by atoms with Gasteiger partial charge in [0.2, 0.25) is 5.75 Å². The monoisotopic (exact) mass is 227 g/mol. The Balaban J connectivity index is 2.91. The summed E-state index contributed by atoms with van der Waals surface area (Å²) in [7, 11) is 0. The summed E-state index contributed by atoms with van der Waals surface area (Å²) in [4.78, 5) is 10.3. The van der Waals surface area contributed by atoms with Crippen molar-refractivity contribution >= 4 is 17.7 Å². The molecule has 0 aromatic heterocycles. The van der Waals surface area contributed by atoms with E-state index in [0.717, 1.165) is 5.56 Å². The minimum atomic E-state index is -0.427. The number of nitro benzene ring substituents is 1. The van der Waals surface area contributed by atoms with Gasteiger partial charge in [-0.3, -0.25) is 10.1 Å². The number of nitro groups is 1. The third kappa shape index (κ3) is 3.43. The van der Waals surface area contributed by atoms with Gasteiger partial charge in [-0.15, -0.1) is 0 Å². The van der Waals surface area contributed by atoms with Crippen molar-refractivity contribution in [1.82, 2.24) is 0 Å². The van der Waals surface area contributed by atoms with E-state index in [-0.39, 0.29) is 10.9 Å². The third-order valence-electron chi connectivity index (χ3n) is 1.64. The van der Waals surface area contributed by atoms with Gasteiger partial charge >= 0.3 is 5.69 Å². The number of hydrogen-bond donors (Lipinski definition) is 0. The fraction of sp³-hybridized carbons (Fsp3) is 0.400. The third-order valence-corrected chi connectivity index (χ3v) is 2.30. The van der Waals surface area contributed by atoms with Gasteiger partial charge in [-0.2, -0.15) is 0 Å². The first-order valence-corrected chi connectivity index (χ1v) is 5.39. The minimum absolute atomic E-state index is 0.0168. The Kier molecular flexibility index (Phi) is 3.96. The highest BCUT2D eigenvalue weighted by atomic mass is 32.2. The Morgan fingerprint density at radius 2 is 2.13 bits per heavy atom. The summed E-state index contributed by atoms with van der Waals surface area (Å²) < 4.78 is 5.29. The number of nitrogens with zero attached hydrogens (tertiary/aromatic N) is 1. The van der Waals surface area contributed by atoms with Gasteiger partial charge in [0.25, 0.3) is 0 Å². The maximum absolute atomic E-state index is 10.7. The number of aryl methyl sites for hydroxylation is 1. The maximum Gasteiger partial charge on any atom is 0.312 e. The molecule has 0 fully saturated rings. The standard InChI is InChI=1S/C10H13NO3S/c1-7(2)15-14-10-5-4-8(3)6-9(10)11(12)13/h4-7H,1-3H3. The zero-order valence-corrected chi connectivity index (χ0v) is 9.71. The van der Waals surface area contributed by atoms with E-state index in [4.69, 9.17) is 4.18 Å². The van der Waals surface area contributed by atoms with Crippen LogP contribution in [0, 0.1) is 17.0 Å². The van der Waals surface area contributed by atoms with Gasteiger partial charge in [-0.25, -0.2) is 0 Å². The van der Waals surface area contributed by atoms with Crippen molar-refractivity contribution in [2.24, 2.45) is 0 Å². The topological polar surface area (TPSA) is 52.4 Å². The molecule has 0 bridgehead atoms. The van der Waals surface area contributed by atoms with Crippen LogP contribution in [0.15, 0.2) is 18.2 Å². The van der Waals surface area contributed by atoms with E-state index in [0.29, 0.717) is 5.75 Å². The lowest BCUT2D eigenvalue weighted by atomic mass is 10.2. The van der Waals surface area contributed by atoms with Gasteiger partial charge in [-0.05, 0) is 18.6 Å². The van der Waals surface area contributed by atoms with Gasteiger partial charge in [0.15, 0.2) is 0 Å². The summed E-state index contributed by atoms with van der Waals surface area (Å²) in [5.41, 5.74) is 0.867. The lowest BCUT2D eigenvalue weighted by Crippen LogP contribution is -1.96. The number of hydrogen-bond acceptors (Lipinski definition) is 4. The first-order valence-electron chi connectivity index (χ1n) is 4.59. The van der Waals surface area contributed by atoms with Crippen LogP contribution in [0.25, 0.3) is 0 Å². The van der Waals surface area contributed by atoms with Gasteiger partial charge in [0.05, 0.1) is 17.0 Å². The predicted octanol–water partition coefficient (Wildman–Crippen LogP) is 3.34. The quantitative estimate of drug-likeness (QED) is 0.449. The normalized spacial score (nSPS) is 10.4. The van der Waals surface area contributed by atoms with E-state index in [1.165, 1.54) is 18.1 Å². The van der Waals surface area contributed by atoms with Crippen LogP contribution in [0.5, 0.6) is 5.75 Å². The average molecular weight is 227 g/mol. The highest BCUT2D eigenvalue weighted by molar-refractivity contribution is 7.95. The lowest BCUT2D eigenvalue weighted by Gasteiger charge is -2.07.